The van der Waals surface area contributed by atoms with Gasteiger partial charge in [0.05, 0.1) is 0 Å². The van der Waals surface area contributed by atoms with Gasteiger partial charge in [-0.1, -0.05) is 13.8 Å². The number of carbonyl (C=O) groups is 1. The van der Waals surface area contributed by atoms with E-state index in [-0.39, 0.29) is 17.6 Å². The van der Waals surface area contributed by atoms with E-state index in [0.29, 0.717) is 18.2 Å². The third-order valence-corrected chi connectivity index (χ3v) is 4.13. The minimum Gasteiger partial charge on any atom is -0.399 e. The number of nitrogens with one attached hydrogen (secondary N) is 1. The van der Waals surface area contributed by atoms with Crippen LogP contribution in [0.4, 0.5) is 16.2 Å². The van der Waals surface area contributed by atoms with Gasteiger partial charge >= 0.3 is 6.03 Å². The van der Waals surface area contributed by atoms with E-state index in [1.165, 1.54) is 0 Å². The van der Waals surface area contributed by atoms with Crippen molar-refractivity contribution < 1.29 is 4.79 Å². The van der Waals surface area contributed by atoms with Gasteiger partial charge in [0.1, 0.15) is 0 Å². The van der Waals surface area contributed by atoms with Gasteiger partial charge in [0, 0.05) is 43.6 Å². The quantitative estimate of drug-likeness (QED) is 0.807. The lowest BCUT2D eigenvalue weighted by Crippen LogP contribution is -2.52. The highest BCUT2D eigenvalue weighted by Crippen LogP contribution is 2.25. The number of nitrogen functional groups attached to an aromatic ring is 1. The molecule has 0 aromatic heterocycles. The summed E-state index contributed by atoms with van der Waals surface area (Å²) in [4.78, 5) is 16.8. The molecule has 0 saturated heterocycles. The van der Waals surface area contributed by atoms with Crippen molar-refractivity contribution in [2.45, 2.75) is 59.7 Å². The number of hydrogen-bond acceptors (Lipinski definition) is 3. The molecule has 24 heavy (non-hydrogen) atoms. The van der Waals surface area contributed by atoms with Crippen LogP contribution in [0.5, 0.6) is 0 Å². The average Bonchev–Trinajstić information content (AvgIpc) is 2.41. The Morgan fingerprint density at radius 3 is 2.25 bits per heavy atom. The predicted molar refractivity (Wildman–Crippen MR) is 103 cm³/mol. The van der Waals surface area contributed by atoms with Crippen LogP contribution in [0.2, 0.25) is 0 Å². The average molecular weight is 335 g/mol. The van der Waals surface area contributed by atoms with Gasteiger partial charge in [0.2, 0.25) is 0 Å². The summed E-state index contributed by atoms with van der Waals surface area (Å²) in [5.41, 5.74) is 8.55. The first kappa shape index (κ1) is 20.1. The fourth-order valence-corrected chi connectivity index (χ4v) is 2.51. The van der Waals surface area contributed by atoms with E-state index in [1.54, 1.807) is 0 Å². The smallest absolute Gasteiger partial charge is 0.318 e. The number of benzene rings is 1. The van der Waals surface area contributed by atoms with Crippen LogP contribution in [-0.4, -0.2) is 36.6 Å². The molecule has 136 valence electrons. The van der Waals surface area contributed by atoms with Crippen LogP contribution in [0.3, 0.4) is 0 Å². The number of urea groups is 1. The minimum atomic E-state index is -0.272. The molecule has 0 fully saturated rings. The molecule has 3 N–H and O–H groups in total. The molecular weight excluding hydrogens is 300 g/mol. The summed E-state index contributed by atoms with van der Waals surface area (Å²) in [6, 6.07) is 5.92. The molecule has 5 heteroatoms. The summed E-state index contributed by atoms with van der Waals surface area (Å²) in [7, 11) is 4.00. The first-order valence-electron chi connectivity index (χ1n) is 8.57. The first-order valence-corrected chi connectivity index (χ1v) is 8.57. The summed E-state index contributed by atoms with van der Waals surface area (Å²) in [6.45, 7) is 12.9. The second-order valence-corrected chi connectivity index (χ2v) is 8.08. The maximum atomic E-state index is 12.8. The number of anilines is 2. The van der Waals surface area contributed by atoms with Crippen molar-refractivity contribution in [2.24, 2.45) is 5.92 Å². The number of amides is 2. The molecule has 0 aliphatic carbocycles. The number of rotatable bonds is 5. The van der Waals surface area contributed by atoms with Crippen LogP contribution in [0.15, 0.2) is 18.2 Å². The SMILES string of the molecule is CC(C)[C@@H](C)N(Cc1cc(N)ccc1N(C)C)C(=O)NC(C)(C)C. The molecule has 0 aliphatic rings. The molecule has 1 atom stereocenters. The van der Waals surface area contributed by atoms with Crippen LogP contribution in [0.1, 0.15) is 47.1 Å². The number of hydrogen-bond donors (Lipinski definition) is 2. The molecule has 1 aromatic carbocycles. The Morgan fingerprint density at radius 1 is 1.21 bits per heavy atom. The zero-order valence-corrected chi connectivity index (χ0v) is 16.5. The second-order valence-electron chi connectivity index (χ2n) is 8.08. The molecule has 1 aromatic rings. The Hall–Kier alpha value is -1.91. The molecule has 0 radical (unpaired) electrons. The third-order valence-electron chi connectivity index (χ3n) is 4.13. The predicted octanol–water partition coefficient (Wildman–Crippen LogP) is 3.69. The van der Waals surface area contributed by atoms with Gasteiger partial charge in [0.15, 0.2) is 0 Å². The topological polar surface area (TPSA) is 61.6 Å². The maximum absolute atomic E-state index is 12.8. The van der Waals surface area contributed by atoms with Crippen LogP contribution in [-0.2, 0) is 6.54 Å². The lowest BCUT2D eigenvalue weighted by molar-refractivity contribution is 0.150. The van der Waals surface area contributed by atoms with Crippen LogP contribution < -0.4 is 16.0 Å². The van der Waals surface area contributed by atoms with Gasteiger partial charge in [0.25, 0.3) is 0 Å². The zero-order valence-electron chi connectivity index (χ0n) is 16.5. The molecule has 0 unspecified atom stereocenters. The summed E-state index contributed by atoms with van der Waals surface area (Å²) in [5.74, 6) is 0.361. The molecule has 1 rings (SSSR count). The first-order chi connectivity index (χ1) is 10.9. The van der Waals surface area contributed by atoms with E-state index in [9.17, 15) is 4.79 Å². The molecular formula is C19H34N4O. The van der Waals surface area contributed by atoms with Crippen molar-refractivity contribution in [3.05, 3.63) is 23.8 Å². The standard InChI is InChI=1S/C19H34N4O/c1-13(2)14(3)23(18(24)21-19(4,5)6)12-15-11-16(20)9-10-17(15)22(7)8/h9-11,13-14H,12,20H2,1-8H3,(H,21,24)/t14-/m1/s1. The van der Waals surface area contributed by atoms with E-state index >= 15 is 0 Å². The monoisotopic (exact) mass is 334 g/mol. The van der Waals surface area contributed by atoms with Crippen LogP contribution in [0.25, 0.3) is 0 Å². The highest BCUT2D eigenvalue weighted by Gasteiger charge is 2.26. The Balaban J connectivity index is 3.18. The fraction of sp³-hybridized carbons (Fsp3) is 0.632. The van der Waals surface area contributed by atoms with Gasteiger partial charge in [-0.05, 0) is 57.4 Å². The third kappa shape index (κ3) is 5.62. The van der Waals surface area contributed by atoms with E-state index in [2.05, 4.69) is 31.0 Å². The molecule has 0 bridgehead atoms. The highest BCUT2D eigenvalue weighted by molar-refractivity contribution is 5.76. The summed E-state index contributed by atoms with van der Waals surface area (Å²) in [5, 5.41) is 3.08. The van der Waals surface area contributed by atoms with E-state index in [4.69, 9.17) is 5.73 Å². The largest absolute Gasteiger partial charge is 0.399 e. The van der Waals surface area contributed by atoms with E-state index in [1.807, 2.05) is 58.0 Å². The molecule has 0 heterocycles. The van der Waals surface area contributed by atoms with Crippen molar-refractivity contribution in [1.82, 2.24) is 10.2 Å². The van der Waals surface area contributed by atoms with Crippen molar-refractivity contribution in [3.8, 4) is 0 Å². The molecule has 5 nitrogen and oxygen atoms in total. The van der Waals surface area contributed by atoms with Crippen LogP contribution >= 0.6 is 0 Å². The molecule has 0 saturated carbocycles. The van der Waals surface area contributed by atoms with Gasteiger partial charge in [-0.3, -0.25) is 0 Å². The van der Waals surface area contributed by atoms with Crippen LogP contribution in [0, 0.1) is 5.92 Å². The molecule has 0 aliphatic heterocycles. The lowest BCUT2D eigenvalue weighted by atomic mass is 10.0. The number of nitrogens with two attached hydrogens (primary N) is 1. The second kappa shape index (κ2) is 7.77. The van der Waals surface area contributed by atoms with Gasteiger partial charge in [-0.15, -0.1) is 0 Å². The van der Waals surface area contributed by atoms with Crippen molar-refractivity contribution in [3.63, 3.8) is 0 Å². The normalized spacial score (nSPS) is 12.9. The maximum Gasteiger partial charge on any atom is 0.318 e. The van der Waals surface area contributed by atoms with Gasteiger partial charge in [-0.2, -0.15) is 0 Å². The highest BCUT2D eigenvalue weighted by atomic mass is 16.2. The zero-order chi connectivity index (χ0) is 18.7. The Kier molecular flexibility index (Phi) is 6.52. The summed E-state index contributed by atoms with van der Waals surface area (Å²) < 4.78 is 0. The van der Waals surface area contributed by atoms with Gasteiger partial charge in [-0.25, -0.2) is 4.79 Å². The number of nitrogens with zero attached hydrogens (tertiary/aromatic N) is 2. The fourth-order valence-electron chi connectivity index (χ4n) is 2.51. The lowest BCUT2D eigenvalue weighted by Gasteiger charge is -2.35. The summed E-state index contributed by atoms with van der Waals surface area (Å²) >= 11 is 0. The van der Waals surface area contributed by atoms with Crippen molar-refractivity contribution >= 4 is 17.4 Å². The Morgan fingerprint density at radius 2 is 1.79 bits per heavy atom. The molecule has 0 spiro atoms. The minimum absolute atomic E-state index is 0.0455. The van der Waals surface area contributed by atoms with E-state index < -0.39 is 0 Å². The summed E-state index contributed by atoms with van der Waals surface area (Å²) in [6.07, 6.45) is 0. The molecule has 2 amide bonds. The Bertz CT molecular complexity index is 561. The Labute approximate surface area is 147 Å². The van der Waals surface area contributed by atoms with E-state index in [0.717, 1.165) is 11.3 Å². The van der Waals surface area contributed by atoms with Gasteiger partial charge < -0.3 is 20.9 Å². The number of carbonyl (C=O) groups excluding carboxylic acids is 1. The van der Waals surface area contributed by atoms with Crippen molar-refractivity contribution in [1.29, 1.82) is 0 Å². The van der Waals surface area contributed by atoms with Crippen molar-refractivity contribution in [2.75, 3.05) is 24.7 Å².